The van der Waals surface area contributed by atoms with Crippen molar-refractivity contribution in [2.24, 2.45) is 0 Å². The van der Waals surface area contributed by atoms with E-state index in [9.17, 15) is 10.2 Å². The molecular weight excluding hydrogens is 256 g/mol. The van der Waals surface area contributed by atoms with Crippen LogP contribution in [0, 0.1) is 0 Å². The van der Waals surface area contributed by atoms with Crippen LogP contribution >= 0.6 is 0 Å². The Bertz CT molecular complexity index is 257. The number of allylic oxidation sites excluding steroid dienone is 1. The number of aliphatic hydroxyl groups is 2. The predicted molar refractivity (Wildman–Crippen MR) is 79.4 cm³/mol. The first kappa shape index (κ1) is 17.6. The third-order valence-corrected chi connectivity index (χ3v) is 3.81. The Morgan fingerprint density at radius 1 is 1.05 bits per heavy atom. The van der Waals surface area contributed by atoms with Gasteiger partial charge in [0, 0.05) is 6.61 Å². The van der Waals surface area contributed by atoms with Crippen LogP contribution in [0.5, 0.6) is 0 Å². The fraction of sp³-hybridized carbons (Fsp3) is 0.875. The molecule has 0 spiro atoms. The maximum absolute atomic E-state index is 9.77. The zero-order chi connectivity index (χ0) is 14.8. The van der Waals surface area contributed by atoms with E-state index in [0.717, 1.165) is 19.3 Å². The highest BCUT2D eigenvalue weighted by molar-refractivity contribution is 4.85. The molecule has 20 heavy (non-hydrogen) atoms. The summed E-state index contributed by atoms with van der Waals surface area (Å²) in [6, 6.07) is 0. The molecule has 1 saturated heterocycles. The van der Waals surface area contributed by atoms with E-state index in [1.165, 1.54) is 25.7 Å². The van der Waals surface area contributed by atoms with Gasteiger partial charge in [-0.15, -0.1) is 6.58 Å². The summed E-state index contributed by atoms with van der Waals surface area (Å²) in [4.78, 5) is 0. The molecule has 0 aliphatic carbocycles. The largest absolute Gasteiger partial charge is 0.387 e. The highest BCUT2D eigenvalue weighted by Crippen LogP contribution is 2.24. The Hall–Kier alpha value is -0.420. The van der Waals surface area contributed by atoms with E-state index in [0.29, 0.717) is 13.0 Å². The van der Waals surface area contributed by atoms with E-state index >= 15 is 0 Å². The lowest BCUT2D eigenvalue weighted by molar-refractivity contribution is -0.166. The second-order valence-electron chi connectivity index (χ2n) is 5.50. The summed E-state index contributed by atoms with van der Waals surface area (Å²) in [5.41, 5.74) is 0. The van der Waals surface area contributed by atoms with Gasteiger partial charge in [-0.2, -0.15) is 0 Å². The number of rotatable bonds is 11. The van der Waals surface area contributed by atoms with Gasteiger partial charge in [-0.3, -0.25) is 0 Å². The molecule has 1 aliphatic rings. The van der Waals surface area contributed by atoms with Crippen LogP contribution in [-0.2, 0) is 9.47 Å². The van der Waals surface area contributed by atoms with Gasteiger partial charge in [0.25, 0.3) is 0 Å². The second-order valence-corrected chi connectivity index (χ2v) is 5.50. The molecule has 4 heteroatoms. The molecule has 1 fully saturated rings. The summed E-state index contributed by atoms with van der Waals surface area (Å²) < 4.78 is 11.0. The monoisotopic (exact) mass is 286 g/mol. The van der Waals surface area contributed by atoms with E-state index in [2.05, 4.69) is 6.58 Å². The molecular formula is C16H30O4. The first-order valence-electron chi connectivity index (χ1n) is 7.94. The Balaban J connectivity index is 1.98. The van der Waals surface area contributed by atoms with Gasteiger partial charge in [-0.05, 0) is 25.7 Å². The molecule has 0 amide bonds. The number of hydrogen-bond donors (Lipinski definition) is 2. The molecule has 0 aromatic carbocycles. The van der Waals surface area contributed by atoms with E-state index in [-0.39, 0.29) is 6.10 Å². The smallest absolute Gasteiger partial charge is 0.186 e. The van der Waals surface area contributed by atoms with Crippen molar-refractivity contribution in [2.75, 3.05) is 6.61 Å². The van der Waals surface area contributed by atoms with Gasteiger partial charge in [0.2, 0.25) is 0 Å². The lowest BCUT2D eigenvalue weighted by Crippen LogP contribution is -2.33. The van der Waals surface area contributed by atoms with Crippen molar-refractivity contribution in [2.45, 2.75) is 82.9 Å². The van der Waals surface area contributed by atoms with E-state index in [1.54, 1.807) is 0 Å². The van der Waals surface area contributed by atoms with Gasteiger partial charge in [0.15, 0.2) is 6.29 Å². The molecule has 1 heterocycles. The minimum Gasteiger partial charge on any atom is -0.387 e. The molecule has 0 bridgehead atoms. The summed E-state index contributed by atoms with van der Waals surface area (Å²) in [5.74, 6) is 0. The van der Waals surface area contributed by atoms with Crippen LogP contribution in [0.15, 0.2) is 12.7 Å². The van der Waals surface area contributed by atoms with Crippen LogP contribution in [0.2, 0.25) is 0 Å². The molecule has 4 nitrogen and oxygen atoms in total. The number of unbranched alkanes of at least 4 members (excludes halogenated alkanes) is 6. The fourth-order valence-corrected chi connectivity index (χ4v) is 2.49. The molecule has 1 rings (SSSR count). The highest BCUT2D eigenvalue weighted by Gasteiger charge is 2.42. The average molecular weight is 286 g/mol. The van der Waals surface area contributed by atoms with Gasteiger partial charge >= 0.3 is 0 Å². The van der Waals surface area contributed by atoms with Crippen molar-refractivity contribution >= 4 is 0 Å². The topological polar surface area (TPSA) is 58.9 Å². The van der Waals surface area contributed by atoms with Crippen molar-refractivity contribution in [1.29, 1.82) is 0 Å². The van der Waals surface area contributed by atoms with Crippen molar-refractivity contribution in [3.8, 4) is 0 Å². The van der Waals surface area contributed by atoms with Gasteiger partial charge in [0.1, 0.15) is 12.2 Å². The molecule has 1 unspecified atom stereocenters. The summed E-state index contributed by atoms with van der Waals surface area (Å²) in [5, 5.41) is 19.5. The van der Waals surface area contributed by atoms with E-state index in [1.807, 2.05) is 13.0 Å². The lowest BCUT2D eigenvalue weighted by Gasteiger charge is -2.15. The molecule has 0 saturated carbocycles. The van der Waals surface area contributed by atoms with Gasteiger partial charge < -0.3 is 19.7 Å². The quantitative estimate of drug-likeness (QED) is 0.453. The molecule has 0 aromatic heterocycles. The van der Waals surface area contributed by atoms with Gasteiger partial charge in [-0.25, -0.2) is 0 Å². The Morgan fingerprint density at radius 2 is 1.70 bits per heavy atom. The Morgan fingerprint density at radius 3 is 2.30 bits per heavy atom. The Kier molecular flexibility index (Phi) is 9.10. The molecule has 0 radical (unpaired) electrons. The predicted octanol–water partition coefficient (Wildman–Crippen LogP) is 2.78. The third kappa shape index (κ3) is 5.92. The van der Waals surface area contributed by atoms with Crippen LogP contribution in [0.4, 0.5) is 0 Å². The Labute approximate surface area is 122 Å². The van der Waals surface area contributed by atoms with Crippen molar-refractivity contribution in [3.63, 3.8) is 0 Å². The van der Waals surface area contributed by atoms with E-state index < -0.39 is 18.5 Å². The van der Waals surface area contributed by atoms with Crippen LogP contribution < -0.4 is 0 Å². The number of hydrogen-bond acceptors (Lipinski definition) is 4. The molecule has 1 aliphatic heterocycles. The molecule has 4 atom stereocenters. The molecule has 0 aromatic rings. The van der Waals surface area contributed by atoms with Crippen LogP contribution in [0.3, 0.4) is 0 Å². The molecule has 118 valence electrons. The zero-order valence-electron chi connectivity index (χ0n) is 12.7. The SMILES string of the molecule is C=CCCCCCCCCO[C@@H]1O[C@H](CC)[C@H](O)C1O. The van der Waals surface area contributed by atoms with Crippen LogP contribution in [0.25, 0.3) is 0 Å². The first-order chi connectivity index (χ1) is 9.70. The summed E-state index contributed by atoms with van der Waals surface area (Å²) >= 11 is 0. The number of aliphatic hydroxyl groups excluding tert-OH is 2. The van der Waals surface area contributed by atoms with Gasteiger partial charge in [-0.1, -0.05) is 38.7 Å². The third-order valence-electron chi connectivity index (χ3n) is 3.81. The molecule has 2 N–H and O–H groups in total. The highest BCUT2D eigenvalue weighted by atomic mass is 16.7. The van der Waals surface area contributed by atoms with E-state index in [4.69, 9.17) is 9.47 Å². The lowest BCUT2D eigenvalue weighted by atomic mass is 10.1. The summed E-state index contributed by atoms with van der Waals surface area (Å²) in [6.45, 7) is 6.22. The zero-order valence-corrected chi connectivity index (χ0v) is 12.7. The second kappa shape index (κ2) is 10.3. The minimum atomic E-state index is -0.918. The first-order valence-corrected chi connectivity index (χ1v) is 7.94. The van der Waals surface area contributed by atoms with Crippen molar-refractivity contribution < 1.29 is 19.7 Å². The van der Waals surface area contributed by atoms with Crippen molar-refractivity contribution in [1.82, 2.24) is 0 Å². The normalized spacial score (nSPS) is 29.8. The maximum Gasteiger partial charge on any atom is 0.186 e. The van der Waals surface area contributed by atoms with Crippen molar-refractivity contribution in [3.05, 3.63) is 12.7 Å². The van der Waals surface area contributed by atoms with Gasteiger partial charge in [0.05, 0.1) is 6.10 Å². The maximum atomic E-state index is 9.77. The fourth-order valence-electron chi connectivity index (χ4n) is 2.49. The number of ether oxygens (including phenoxy) is 2. The standard InChI is InChI=1S/C16H30O4/c1-3-5-6-7-8-9-10-11-12-19-16-15(18)14(17)13(4-2)20-16/h3,13-18H,1,4-12H2,2H3/t13-,14+,15?,16-/m1/s1. The van der Waals surface area contributed by atoms with Crippen LogP contribution in [-0.4, -0.2) is 41.4 Å². The average Bonchev–Trinajstić information content (AvgIpc) is 2.73. The summed E-state index contributed by atoms with van der Waals surface area (Å²) in [6.07, 6.45) is 8.14. The van der Waals surface area contributed by atoms with Crippen LogP contribution in [0.1, 0.15) is 58.3 Å². The summed E-state index contributed by atoms with van der Waals surface area (Å²) in [7, 11) is 0. The minimum absolute atomic E-state index is 0.306.